The van der Waals surface area contributed by atoms with Crippen molar-refractivity contribution in [2.45, 2.75) is 53.5 Å². The molecule has 2 N–H and O–H groups in total. The number of benzene rings is 1. The Hall–Kier alpha value is -1.09. The van der Waals surface area contributed by atoms with Gasteiger partial charge < -0.3 is 10.6 Å². The van der Waals surface area contributed by atoms with Crippen molar-refractivity contribution in [2.75, 3.05) is 5.32 Å². The van der Waals surface area contributed by atoms with Gasteiger partial charge in [-0.1, -0.05) is 26.0 Å². The molecule has 0 saturated heterocycles. The molecule has 0 aromatic heterocycles. The normalized spacial score (nSPS) is 12.3. The van der Waals surface area contributed by atoms with E-state index < -0.39 is 0 Å². The van der Waals surface area contributed by atoms with E-state index in [-0.39, 0.29) is 0 Å². The van der Waals surface area contributed by atoms with Crippen LogP contribution in [0, 0.1) is 19.8 Å². The van der Waals surface area contributed by atoms with E-state index in [0.29, 0.717) is 11.2 Å². The fourth-order valence-corrected chi connectivity index (χ4v) is 2.24. The van der Waals surface area contributed by atoms with Gasteiger partial charge in [-0.3, -0.25) is 0 Å². The minimum Gasteiger partial charge on any atom is -0.360 e. The van der Waals surface area contributed by atoms with Gasteiger partial charge in [0.05, 0.1) is 0 Å². The molecule has 0 amide bonds. The van der Waals surface area contributed by atoms with E-state index in [1.54, 1.807) is 0 Å². The van der Waals surface area contributed by atoms with Gasteiger partial charge in [0.2, 0.25) is 0 Å². The van der Waals surface area contributed by atoms with Gasteiger partial charge in [0.1, 0.15) is 0 Å². The standard InChI is InChI=1S/C16H26N2S/c1-11(2)9-10-13(4)17-16(19)18-15-8-6-7-12(3)14(15)5/h6-8,11,13H,9-10H2,1-5H3,(H2,17,18,19). The number of thiocarbonyl (C=S) groups is 1. The summed E-state index contributed by atoms with van der Waals surface area (Å²) in [7, 11) is 0. The summed E-state index contributed by atoms with van der Waals surface area (Å²) < 4.78 is 0. The summed E-state index contributed by atoms with van der Waals surface area (Å²) in [4.78, 5) is 0. The number of hydrogen-bond donors (Lipinski definition) is 2. The van der Waals surface area contributed by atoms with Gasteiger partial charge in [-0.15, -0.1) is 0 Å². The molecule has 1 aromatic carbocycles. The molecule has 106 valence electrons. The molecule has 1 rings (SSSR count). The van der Waals surface area contributed by atoms with Crippen molar-refractivity contribution in [1.29, 1.82) is 0 Å². The lowest BCUT2D eigenvalue weighted by molar-refractivity contribution is 0.494. The first-order valence-corrected chi connectivity index (χ1v) is 7.44. The SMILES string of the molecule is Cc1cccc(NC(=S)NC(C)CCC(C)C)c1C. The molecule has 2 nitrogen and oxygen atoms in total. The number of nitrogens with one attached hydrogen (secondary N) is 2. The largest absolute Gasteiger partial charge is 0.360 e. The summed E-state index contributed by atoms with van der Waals surface area (Å²) in [5, 5.41) is 7.35. The minimum atomic E-state index is 0.410. The minimum absolute atomic E-state index is 0.410. The molecule has 0 heterocycles. The van der Waals surface area contributed by atoms with Crippen LogP contribution in [-0.2, 0) is 0 Å². The average molecular weight is 278 g/mol. The van der Waals surface area contributed by atoms with Crippen molar-refractivity contribution in [3.05, 3.63) is 29.3 Å². The first-order valence-electron chi connectivity index (χ1n) is 7.04. The van der Waals surface area contributed by atoms with Crippen LogP contribution in [0.15, 0.2) is 18.2 Å². The molecule has 3 heteroatoms. The van der Waals surface area contributed by atoms with Gasteiger partial charge >= 0.3 is 0 Å². The van der Waals surface area contributed by atoms with E-state index >= 15 is 0 Å². The Balaban J connectivity index is 2.49. The lowest BCUT2D eigenvalue weighted by atomic mass is 10.0. The van der Waals surface area contributed by atoms with E-state index in [1.807, 2.05) is 0 Å². The molecular formula is C16H26N2S. The van der Waals surface area contributed by atoms with Crippen LogP contribution in [0.1, 0.15) is 44.7 Å². The van der Waals surface area contributed by atoms with Crippen LogP contribution in [-0.4, -0.2) is 11.2 Å². The molecule has 0 spiro atoms. The van der Waals surface area contributed by atoms with Gasteiger partial charge in [0.25, 0.3) is 0 Å². The van der Waals surface area contributed by atoms with E-state index in [1.165, 1.54) is 17.5 Å². The third-order valence-electron chi connectivity index (χ3n) is 3.41. The quantitative estimate of drug-likeness (QED) is 0.780. The second kappa shape index (κ2) is 7.49. The fraction of sp³-hybridized carbons (Fsp3) is 0.562. The summed E-state index contributed by atoms with van der Waals surface area (Å²) >= 11 is 5.37. The molecule has 0 aliphatic rings. The maximum Gasteiger partial charge on any atom is 0.170 e. The molecule has 0 radical (unpaired) electrons. The molecule has 19 heavy (non-hydrogen) atoms. The molecular weight excluding hydrogens is 252 g/mol. The molecule has 1 atom stereocenters. The first kappa shape index (κ1) is 16.0. The molecule has 1 aromatic rings. The van der Waals surface area contributed by atoms with Crippen molar-refractivity contribution >= 4 is 23.0 Å². The molecule has 0 bridgehead atoms. The maximum atomic E-state index is 5.37. The Morgan fingerprint density at radius 3 is 2.47 bits per heavy atom. The van der Waals surface area contributed by atoms with Gasteiger partial charge in [0.15, 0.2) is 5.11 Å². The highest BCUT2D eigenvalue weighted by atomic mass is 32.1. The van der Waals surface area contributed by atoms with E-state index in [2.05, 4.69) is 63.5 Å². The van der Waals surface area contributed by atoms with Crippen LogP contribution < -0.4 is 10.6 Å². The monoisotopic (exact) mass is 278 g/mol. The number of aryl methyl sites for hydroxylation is 1. The Kier molecular flexibility index (Phi) is 6.29. The smallest absolute Gasteiger partial charge is 0.170 e. The second-order valence-electron chi connectivity index (χ2n) is 5.72. The van der Waals surface area contributed by atoms with Crippen molar-refractivity contribution in [3.8, 4) is 0 Å². The van der Waals surface area contributed by atoms with Gasteiger partial charge in [-0.05, 0) is 68.9 Å². The number of hydrogen-bond acceptors (Lipinski definition) is 1. The van der Waals surface area contributed by atoms with Crippen molar-refractivity contribution in [2.24, 2.45) is 5.92 Å². The van der Waals surface area contributed by atoms with E-state index in [0.717, 1.165) is 18.0 Å². The third-order valence-corrected chi connectivity index (χ3v) is 3.63. The zero-order chi connectivity index (χ0) is 14.4. The molecule has 1 unspecified atom stereocenters. The maximum absolute atomic E-state index is 5.37. The number of anilines is 1. The average Bonchev–Trinajstić information content (AvgIpc) is 2.32. The van der Waals surface area contributed by atoms with E-state index in [4.69, 9.17) is 12.2 Å². The van der Waals surface area contributed by atoms with Crippen LogP contribution in [0.3, 0.4) is 0 Å². The summed E-state index contributed by atoms with van der Waals surface area (Å²) in [5.41, 5.74) is 3.62. The van der Waals surface area contributed by atoms with Gasteiger partial charge in [0, 0.05) is 11.7 Å². The highest BCUT2D eigenvalue weighted by Gasteiger charge is 2.07. The first-order chi connectivity index (χ1) is 8.90. The zero-order valence-electron chi connectivity index (χ0n) is 12.7. The van der Waals surface area contributed by atoms with Gasteiger partial charge in [-0.25, -0.2) is 0 Å². The highest BCUT2D eigenvalue weighted by molar-refractivity contribution is 7.80. The van der Waals surface area contributed by atoms with Crippen LogP contribution in [0.4, 0.5) is 5.69 Å². The van der Waals surface area contributed by atoms with Crippen LogP contribution >= 0.6 is 12.2 Å². The fourth-order valence-electron chi connectivity index (χ4n) is 1.92. The Bertz CT molecular complexity index is 427. The lowest BCUT2D eigenvalue weighted by Gasteiger charge is -2.19. The lowest BCUT2D eigenvalue weighted by Crippen LogP contribution is -2.36. The predicted molar refractivity (Wildman–Crippen MR) is 88.8 cm³/mol. The molecule has 0 aliphatic heterocycles. The Morgan fingerprint density at radius 2 is 1.84 bits per heavy atom. The zero-order valence-corrected chi connectivity index (χ0v) is 13.5. The van der Waals surface area contributed by atoms with Gasteiger partial charge in [-0.2, -0.15) is 0 Å². The summed E-state index contributed by atoms with van der Waals surface area (Å²) in [6.45, 7) is 10.9. The van der Waals surface area contributed by atoms with Crippen LogP contribution in [0.25, 0.3) is 0 Å². The Morgan fingerprint density at radius 1 is 1.16 bits per heavy atom. The highest BCUT2D eigenvalue weighted by Crippen LogP contribution is 2.17. The number of rotatable bonds is 5. The Labute approximate surface area is 123 Å². The molecule has 0 aliphatic carbocycles. The topological polar surface area (TPSA) is 24.1 Å². The van der Waals surface area contributed by atoms with Crippen LogP contribution in [0.5, 0.6) is 0 Å². The van der Waals surface area contributed by atoms with Crippen molar-refractivity contribution < 1.29 is 0 Å². The van der Waals surface area contributed by atoms with Crippen LogP contribution in [0.2, 0.25) is 0 Å². The second-order valence-corrected chi connectivity index (χ2v) is 6.13. The van der Waals surface area contributed by atoms with Crippen molar-refractivity contribution in [3.63, 3.8) is 0 Å². The molecule has 0 fully saturated rings. The molecule has 0 saturated carbocycles. The van der Waals surface area contributed by atoms with E-state index in [9.17, 15) is 0 Å². The summed E-state index contributed by atoms with van der Waals surface area (Å²) in [6, 6.07) is 6.64. The van der Waals surface area contributed by atoms with Crippen molar-refractivity contribution in [1.82, 2.24) is 5.32 Å². The summed E-state index contributed by atoms with van der Waals surface area (Å²) in [6.07, 6.45) is 2.37. The predicted octanol–water partition coefficient (Wildman–Crippen LogP) is 4.41. The third kappa shape index (κ3) is 5.60. The summed E-state index contributed by atoms with van der Waals surface area (Å²) in [5.74, 6) is 0.741.